The maximum atomic E-state index is 13.2. The van der Waals surface area contributed by atoms with E-state index in [1.807, 2.05) is 29.3 Å². The van der Waals surface area contributed by atoms with Crippen molar-refractivity contribution in [2.75, 3.05) is 18.1 Å². The first-order valence-corrected chi connectivity index (χ1v) is 11.4. The predicted octanol–water partition coefficient (Wildman–Crippen LogP) is 5.62. The number of nitrogens with one attached hydrogen (secondary N) is 1. The van der Waals surface area contributed by atoms with E-state index in [1.54, 1.807) is 29.3 Å². The third kappa shape index (κ3) is 4.46. The quantitative estimate of drug-likeness (QED) is 0.614. The zero-order chi connectivity index (χ0) is 22.0. The summed E-state index contributed by atoms with van der Waals surface area (Å²) in [5.41, 5.74) is 3.72. The van der Waals surface area contributed by atoms with E-state index in [0.717, 1.165) is 25.9 Å². The third-order valence-corrected chi connectivity index (χ3v) is 6.48. The minimum Gasteiger partial charge on any atom is -0.283 e. The summed E-state index contributed by atoms with van der Waals surface area (Å²) in [4.78, 5) is 13.2. The standard InChI is InChI=1S/C23H23Cl3N4O/c1-16-21(22(31)28-29-13-3-2-4-14-29)27-30(20-10-9-18(25)15-19(20)26)23(16)11-5-7-17(24)8-6-12-23/h5-11,15H,1-4,12-14H2,(H,28,31)/b8-6-,11-5+,17-7+. The molecule has 8 heteroatoms. The van der Waals surface area contributed by atoms with Gasteiger partial charge in [0.05, 0.1) is 10.7 Å². The average molecular weight is 478 g/mol. The van der Waals surface area contributed by atoms with Gasteiger partial charge < -0.3 is 0 Å². The third-order valence-electron chi connectivity index (χ3n) is 5.69. The topological polar surface area (TPSA) is 47.9 Å². The highest BCUT2D eigenvalue weighted by molar-refractivity contribution is 6.47. The molecule has 3 aliphatic rings. The second kappa shape index (κ2) is 9.21. The summed E-state index contributed by atoms with van der Waals surface area (Å²) < 4.78 is 0. The lowest BCUT2D eigenvalue weighted by Gasteiger charge is -2.36. The minimum absolute atomic E-state index is 0.271. The van der Waals surface area contributed by atoms with Crippen LogP contribution < -0.4 is 10.4 Å². The van der Waals surface area contributed by atoms with Gasteiger partial charge in [0, 0.05) is 28.7 Å². The maximum absolute atomic E-state index is 13.2. The van der Waals surface area contributed by atoms with Gasteiger partial charge in [-0.25, -0.2) is 10.0 Å². The molecule has 1 atom stereocenters. The first-order chi connectivity index (χ1) is 14.9. The Bertz CT molecular complexity index is 1020. The van der Waals surface area contributed by atoms with Crippen molar-refractivity contribution in [3.63, 3.8) is 0 Å². The van der Waals surface area contributed by atoms with Crippen molar-refractivity contribution in [1.82, 2.24) is 10.4 Å². The number of hydrazine groups is 1. The van der Waals surface area contributed by atoms with E-state index in [2.05, 4.69) is 12.0 Å². The molecule has 162 valence electrons. The number of nitrogens with zero attached hydrogens (tertiary/aromatic N) is 3. The maximum Gasteiger partial charge on any atom is 0.286 e. The van der Waals surface area contributed by atoms with E-state index in [4.69, 9.17) is 39.9 Å². The minimum atomic E-state index is -0.795. The van der Waals surface area contributed by atoms with Crippen LogP contribution in [-0.2, 0) is 4.79 Å². The summed E-state index contributed by atoms with van der Waals surface area (Å²) in [6, 6.07) is 5.21. The van der Waals surface area contributed by atoms with Crippen molar-refractivity contribution < 1.29 is 4.79 Å². The van der Waals surface area contributed by atoms with Crippen LogP contribution in [0.25, 0.3) is 0 Å². The predicted molar refractivity (Wildman–Crippen MR) is 129 cm³/mol. The molecule has 1 aliphatic carbocycles. The van der Waals surface area contributed by atoms with Gasteiger partial charge in [-0.1, -0.05) is 66.0 Å². The lowest BCUT2D eigenvalue weighted by atomic mass is 9.83. The number of hydrogen-bond acceptors (Lipinski definition) is 4. The van der Waals surface area contributed by atoms with E-state index in [1.165, 1.54) is 6.42 Å². The molecule has 1 amide bonds. The Morgan fingerprint density at radius 1 is 1.16 bits per heavy atom. The normalized spacial score (nSPS) is 27.8. The molecule has 2 aliphatic heterocycles. The Morgan fingerprint density at radius 2 is 1.94 bits per heavy atom. The average Bonchev–Trinajstić information content (AvgIpc) is 3.00. The monoisotopic (exact) mass is 476 g/mol. The molecule has 0 radical (unpaired) electrons. The van der Waals surface area contributed by atoms with Crippen LogP contribution in [0.15, 0.2) is 70.9 Å². The summed E-state index contributed by atoms with van der Waals surface area (Å²) in [5, 5.41) is 10.00. The summed E-state index contributed by atoms with van der Waals surface area (Å²) >= 11 is 18.8. The highest BCUT2D eigenvalue weighted by atomic mass is 35.5. The van der Waals surface area contributed by atoms with Crippen LogP contribution in [0.3, 0.4) is 0 Å². The molecule has 1 spiro atoms. The van der Waals surface area contributed by atoms with Gasteiger partial charge in [0.15, 0.2) is 5.71 Å². The van der Waals surface area contributed by atoms with Crippen LogP contribution >= 0.6 is 34.8 Å². The van der Waals surface area contributed by atoms with E-state index in [-0.39, 0.29) is 11.6 Å². The van der Waals surface area contributed by atoms with Crippen molar-refractivity contribution in [2.24, 2.45) is 5.10 Å². The van der Waals surface area contributed by atoms with Crippen LogP contribution in [0.5, 0.6) is 0 Å². The van der Waals surface area contributed by atoms with Gasteiger partial charge in [0.1, 0.15) is 5.54 Å². The van der Waals surface area contributed by atoms with E-state index >= 15 is 0 Å². The first-order valence-electron chi connectivity index (χ1n) is 10.2. The van der Waals surface area contributed by atoms with Crippen LogP contribution in [0.2, 0.25) is 10.0 Å². The van der Waals surface area contributed by atoms with E-state index in [9.17, 15) is 4.79 Å². The first kappa shape index (κ1) is 22.2. The van der Waals surface area contributed by atoms with Crippen molar-refractivity contribution in [1.29, 1.82) is 0 Å². The zero-order valence-corrected chi connectivity index (χ0v) is 19.2. The fourth-order valence-corrected chi connectivity index (χ4v) is 4.69. The largest absolute Gasteiger partial charge is 0.286 e. The van der Waals surface area contributed by atoms with Crippen molar-refractivity contribution in [3.05, 3.63) is 75.8 Å². The number of carbonyl (C=O) groups excluding carboxylic acids is 1. The van der Waals surface area contributed by atoms with Crippen LogP contribution in [0, 0.1) is 0 Å². The summed E-state index contributed by atoms with van der Waals surface area (Å²) in [7, 11) is 0. The number of allylic oxidation sites excluding steroid dienone is 4. The Hall–Kier alpha value is -2.05. The molecule has 31 heavy (non-hydrogen) atoms. The Morgan fingerprint density at radius 3 is 2.68 bits per heavy atom. The molecule has 4 rings (SSSR count). The molecule has 1 fully saturated rings. The number of benzene rings is 1. The fourth-order valence-electron chi connectivity index (χ4n) is 4.04. The Kier molecular flexibility index (Phi) is 6.58. The smallest absolute Gasteiger partial charge is 0.283 e. The molecule has 1 aromatic rings. The second-order valence-corrected chi connectivity index (χ2v) is 9.04. The number of hydrazone groups is 1. The Balaban J connectivity index is 1.74. The van der Waals surface area contributed by atoms with Gasteiger partial charge in [-0.3, -0.25) is 10.2 Å². The summed E-state index contributed by atoms with van der Waals surface area (Å²) in [5.74, 6) is -0.271. The van der Waals surface area contributed by atoms with Crippen LogP contribution in [0.1, 0.15) is 25.7 Å². The molecular weight excluding hydrogens is 455 g/mol. The molecule has 1 aromatic carbocycles. The lowest BCUT2D eigenvalue weighted by molar-refractivity contribution is -0.119. The number of amides is 1. The van der Waals surface area contributed by atoms with Gasteiger partial charge in [0.25, 0.3) is 5.91 Å². The molecular formula is C23H23Cl3N4O. The summed E-state index contributed by atoms with van der Waals surface area (Å²) in [6.07, 6.45) is 13.2. The van der Waals surface area contributed by atoms with Gasteiger partial charge in [-0.05, 0) is 49.6 Å². The molecule has 5 nitrogen and oxygen atoms in total. The number of anilines is 1. The molecule has 1 unspecified atom stereocenters. The number of carbonyl (C=O) groups is 1. The number of halogens is 3. The lowest BCUT2D eigenvalue weighted by Crippen LogP contribution is -2.48. The number of piperidine rings is 1. The number of hydrogen-bond donors (Lipinski definition) is 1. The molecule has 1 saturated heterocycles. The SMILES string of the molecule is C=C1C(C(=O)NN2CCCCC2)=NN(c2ccc(Cl)cc2Cl)C12/C=C/C=C(Cl)\C=C/C2. The van der Waals surface area contributed by atoms with Gasteiger partial charge >= 0.3 is 0 Å². The van der Waals surface area contributed by atoms with Gasteiger partial charge in [-0.2, -0.15) is 5.10 Å². The highest BCUT2D eigenvalue weighted by Crippen LogP contribution is 2.44. The fraction of sp³-hybridized carbons (Fsp3) is 0.304. The molecule has 0 aromatic heterocycles. The Labute approximate surface area is 197 Å². The molecule has 1 N–H and O–H groups in total. The molecule has 0 saturated carbocycles. The van der Waals surface area contributed by atoms with E-state index in [0.29, 0.717) is 32.8 Å². The van der Waals surface area contributed by atoms with Gasteiger partial charge in [0.2, 0.25) is 0 Å². The van der Waals surface area contributed by atoms with Crippen molar-refractivity contribution in [2.45, 2.75) is 31.2 Å². The van der Waals surface area contributed by atoms with Crippen LogP contribution in [-0.4, -0.2) is 35.3 Å². The highest BCUT2D eigenvalue weighted by Gasteiger charge is 2.47. The van der Waals surface area contributed by atoms with Crippen molar-refractivity contribution in [3.8, 4) is 0 Å². The van der Waals surface area contributed by atoms with Crippen LogP contribution in [0.4, 0.5) is 5.69 Å². The van der Waals surface area contributed by atoms with E-state index < -0.39 is 5.54 Å². The molecule has 2 heterocycles. The molecule has 0 bridgehead atoms. The zero-order valence-electron chi connectivity index (χ0n) is 17.0. The van der Waals surface area contributed by atoms with Crippen molar-refractivity contribution >= 4 is 52.1 Å². The second-order valence-electron chi connectivity index (χ2n) is 7.76. The number of rotatable bonds is 3. The van der Waals surface area contributed by atoms with Gasteiger partial charge in [-0.15, -0.1) is 0 Å². The summed E-state index contributed by atoms with van der Waals surface area (Å²) in [6.45, 7) is 5.94.